The van der Waals surface area contributed by atoms with Gasteiger partial charge in [-0.3, -0.25) is 14.9 Å². The normalized spacial score (nSPS) is 11.7. The molecule has 0 aliphatic carbocycles. The molecular weight excluding hydrogens is 476 g/mol. The van der Waals surface area contributed by atoms with Crippen LogP contribution in [0.4, 0.5) is 22.9 Å². The standard InChI is InChI=1S/C23H31BrN4O4/c1-6-8-9-16(4)25-19-13-17(5)26-23(22(19)28(30)31)27(14-21(29)32-7-2)20-11-10-18(24)12-15(20)3/h10-13,16H,6-9,14H2,1-5H3,(H,25,26). The lowest BCUT2D eigenvalue weighted by molar-refractivity contribution is -0.383. The van der Waals surface area contributed by atoms with E-state index in [9.17, 15) is 14.9 Å². The molecule has 174 valence electrons. The van der Waals surface area contributed by atoms with E-state index in [0.717, 1.165) is 29.3 Å². The van der Waals surface area contributed by atoms with Crippen LogP contribution in [0.15, 0.2) is 28.7 Å². The molecule has 1 aromatic heterocycles. The molecule has 0 radical (unpaired) electrons. The van der Waals surface area contributed by atoms with E-state index in [4.69, 9.17) is 4.74 Å². The number of carbonyl (C=O) groups is 1. The van der Waals surface area contributed by atoms with Crippen molar-refractivity contribution >= 4 is 44.8 Å². The predicted molar refractivity (Wildman–Crippen MR) is 131 cm³/mol. The van der Waals surface area contributed by atoms with Gasteiger partial charge < -0.3 is 15.0 Å². The molecule has 0 fully saturated rings. The molecule has 0 saturated heterocycles. The van der Waals surface area contributed by atoms with Crippen LogP contribution < -0.4 is 10.2 Å². The van der Waals surface area contributed by atoms with Crippen molar-refractivity contribution in [2.24, 2.45) is 0 Å². The van der Waals surface area contributed by atoms with Gasteiger partial charge in [0.15, 0.2) is 0 Å². The molecule has 32 heavy (non-hydrogen) atoms. The van der Waals surface area contributed by atoms with E-state index in [1.165, 1.54) is 0 Å². The average molecular weight is 507 g/mol. The van der Waals surface area contributed by atoms with Crippen LogP contribution in [0.25, 0.3) is 0 Å². The zero-order valence-corrected chi connectivity index (χ0v) is 20.9. The molecule has 1 N–H and O–H groups in total. The summed E-state index contributed by atoms with van der Waals surface area (Å²) in [5.74, 6) is -0.378. The monoisotopic (exact) mass is 506 g/mol. The summed E-state index contributed by atoms with van der Waals surface area (Å²) >= 11 is 3.44. The first kappa shape index (κ1) is 25.6. The summed E-state index contributed by atoms with van der Waals surface area (Å²) in [5.41, 5.74) is 2.33. The Bertz CT molecular complexity index is 967. The van der Waals surface area contributed by atoms with Crippen LogP contribution in [0.3, 0.4) is 0 Å². The van der Waals surface area contributed by atoms with Crippen molar-refractivity contribution in [1.29, 1.82) is 0 Å². The smallest absolute Gasteiger partial charge is 0.334 e. The molecule has 1 heterocycles. The molecule has 8 nitrogen and oxygen atoms in total. The molecular formula is C23H31BrN4O4. The van der Waals surface area contributed by atoms with E-state index >= 15 is 0 Å². The van der Waals surface area contributed by atoms with Gasteiger partial charge in [0.1, 0.15) is 12.2 Å². The van der Waals surface area contributed by atoms with Gasteiger partial charge in [-0.05, 0) is 63.9 Å². The first-order valence-electron chi connectivity index (χ1n) is 10.8. The second kappa shape index (κ2) is 11.8. The maximum atomic E-state index is 12.4. The van der Waals surface area contributed by atoms with Crippen molar-refractivity contribution in [1.82, 2.24) is 4.98 Å². The Labute approximate surface area is 197 Å². The number of halogens is 1. The van der Waals surface area contributed by atoms with Crippen LogP contribution in [0.5, 0.6) is 0 Å². The number of ether oxygens (including phenoxy) is 1. The molecule has 0 aliphatic rings. The van der Waals surface area contributed by atoms with Crippen LogP contribution in [0, 0.1) is 24.0 Å². The van der Waals surface area contributed by atoms with Gasteiger partial charge in [0, 0.05) is 21.9 Å². The number of aryl methyl sites for hydroxylation is 2. The average Bonchev–Trinajstić information content (AvgIpc) is 2.70. The third-order valence-electron chi connectivity index (χ3n) is 4.98. The highest BCUT2D eigenvalue weighted by Crippen LogP contribution is 2.40. The van der Waals surface area contributed by atoms with Gasteiger partial charge in [0.25, 0.3) is 0 Å². The lowest BCUT2D eigenvalue weighted by Crippen LogP contribution is -2.29. The van der Waals surface area contributed by atoms with Gasteiger partial charge in [0.2, 0.25) is 5.82 Å². The fourth-order valence-corrected chi connectivity index (χ4v) is 3.98. The zero-order valence-electron chi connectivity index (χ0n) is 19.3. The minimum absolute atomic E-state index is 0.0521. The number of nitrogens with one attached hydrogen (secondary N) is 1. The third-order valence-corrected chi connectivity index (χ3v) is 5.47. The first-order chi connectivity index (χ1) is 15.2. The highest BCUT2D eigenvalue weighted by atomic mass is 79.9. The van der Waals surface area contributed by atoms with Crippen LogP contribution in [0.2, 0.25) is 0 Å². The number of hydrogen-bond donors (Lipinski definition) is 1. The summed E-state index contributed by atoms with van der Waals surface area (Å²) < 4.78 is 6.01. The lowest BCUT2D eigenvalue weighted by atomic mass is 10.1. The maximum absolute atomic E-state index is 12.4. The van der Waals surface area contributed by atoms with Crippen molar-refractivity contribution in [2.45, 2.75) is 59.9 Å². The minimum Gasteiger partial charge on any atom is -0.465 e. The quantitative estimate of drug-likeness (QED) is 0.224. The number of anilines is 3. The van der Waals surface area contributed by atoms with Crippen LogP contribution in [0.1, 0.15) is 51.3 Å². The van der Waals surface area contributed by atoms with Gasteiger partial charge in [-0.25, -0.2) is 4.98 Å². The molecule has 2 rings (SSSR count). The first-order valence-corrected chi connectivity index (χ1v) is 11.6. The van der Waals surface area contributed by atoms with E-state index in [2.05, 4.69) is 33.2 Å². The van der Waals surface area contributed by atoms with E-state index in [0.29, 0.717) is 17.1 Å². The van der Waals surface area contributed by atoms with Crippen LogP contribution in [-0.4, -0.2) is 35.1 Å². The summed E-state index contributed by atoms with van der Waals surface area (Å²) in [6.07, 6.45) is 2.96. The molecule has 0 saturated carbocycles. The Morgan fingerprint density at radius 2 is 2.03 bits per heavy atom. The molecule has 0 aliphatic heterocycles. The summed E-state index contributed by atoms with van der Waals surface area (Å²) in [6.45, 7) is 9.52. The van der Waals surface area contributed by atoms with Gasteiger partial charge >= 0.3 is 11.7 Å². The molecule has 0 bridgehead atoms. The van der Waals surface area contributed by atoms with Crippen molar-refractivity contribution in [3.05, 3.63) is 50.1 Å². The lowest BCUT2D eigenvalue weighted by Gasteiger charge is -2.26. The van der Waals surface area contributed by atoms with Gasteiger partial charge in [-0.2, -0.15) is 0 Å². The maximum Gasteiger partial charge on any atom is 0.334 e. The molecule has 1 aromatic carbocycles. The van der Waals surface area contributed by atoms with Crippen LogP contribution >= 0.6 is 15.9 Å². The van der Waals surface area contributed by atoms with Crippen LogP contribution in [-0.2, 0) is 9.53 Å². The Morgan fingerprint density at radius 3 is 2.62 bits per heavy atom. The van der Waals surface area contributed by atoms with E-state index in [1.807, 2.05) is 32.0 Å². The number of benzene rings is 1. The Balaban J connectivity index is 2.65. The van der Waals surface area contributed by atoms with Crippen molar-refractivity contribution < 1.29 is 14.5 Å². The Morgan fingerprint density at radius 1 is 1.31 bits per heavy atom. The van der Waals surface area contributed by atoms with E-state index in [-0.39, 0.29) is 30.7 Å². The fraction of sp³-hybridized carbons (Fsp3) is 0.478. The molecule has 2 aromatic rings. The van der Waals surface area contributed by atoms with Gasteiger partial charge in [-0.1, -0.05) is 35.7 Å². The molecule has 9 heteroatoms. The number of unbranched alkanes of at least 4 members (excludes halogenated alkanes) is 1. The number of carbonyl (C=O) groups excluding carboxylic acids is 1. The molecule has 0 spiro atoms. The number of aromatic nitrogens is 1. The van der Waals surface area contributed by atoms with Crippen molar-refractivity contribution in [2.75, 3.05) is 23.4 Å². The highest BCUT2D eigenvalue weighted by molar-refractivity contribution is 9.10. The fourth-order valence-electron chi connectivity index (χ4n) is 3.51. The van der Waals surface area contributed by atoms with Crippen molar-refractivity contribution in [3.8, 4) is 0 Å². The topological polar surface area (TPSA) is 97.6 Å². The SMILES string of the molecule is CCCCC(C)Nc1cc(C)nc(N(CC(=O)OCC)c2ccc(Br)cc2C)c1[N+](=O)[O-]. The number of pyridine rings is 1. The number of rotatable bonds is 11. The molecule has 1 atom stereocenters. The number of esters is 1. The van der Waals surface area contributed by atoms with E-state index < -0.39 is 10.9 Å². The number of hydrogen-bond acceptors (Lipinski definition) is 7. The summed E-state index contributed by atoms with van der Waals surface area (Å²) in [7, 11) is 0. The number of nitrogens with zero attached hydrogens (tertiary/aromatic N) is 3. The minimum atomic E-state index is -0.488. The largest absolute Gasteiger partial charge is 0.465 e. The highest BCUT2D eigenvalue weighted by Gasteiger charge is 2.30. The third kappa shape index (κ3) is 6.66. The Hall–Kier alpha value is -2.68. The molecule has 0 amide bonds. The van der Waals surface area contributed by atoms with Gasteiger partial charge in [0.05, 0.1) is 11.5 Å². The van der Waals surface area contributed by atoms with Crippen molar-refractivity contribution in [3.63, 3.8) is 0 Å². The molecule has 1 unspecified atom stereocenters. The summed E-state index contributed by atoms with van der Waals surface area (Å²) in [5, 5.41) is 15.5. The second-order valence-corrected chi connectivity index (χ2v) is 8.67. The second-order valence-electron chi connectivity index (χ2n) is 7.75. The Kier molecular flexibility index (Phi) is 9.43. The van der Waals surface area contributed by atoms with Gasteiger partial charge in [-0.15, -0.1) is 0 Å². The summed E-state index contributed by atoms with van der Waals surface area (Å²) in [4.78, 5) is 30.3. The summed E-state index contributed by atoms with van der Waals surface area (Å²) in [6, 6.07) is 7.26. The van der Waals surface area contributed by atoms with E-state index in [1.54, 1.807) is 24.8 Å². The number of nitro groups is 1. The predicted octanol–water partition coefficient (Wildman–Crippen LogP) is 6.06. The zero-order chi connectivity index (χ0) is 23.8.